The molecule has 1 amide bonds. The van der Waals surface area contributed by atoms with Crippen LogP contribution in [-0.2, 0) is 17.6 Å². The molecule has 0 saturated carbocycles. The number of nitrogens with zero attached hydrogens (tertiary/aromatic N) is 3. The average molecular weight is 335 g/mol. The van der Waals surface area contributed by atoms with Crippen molar-refractivity contribution in [1.82, 2.24) is 14.9 Å². The third kappa shape index (κ3) is 3.67. The second kappa shape index (κ2) is 7.04. The van der Waals surface area contributed by atoms with Crippen molar-refractivity contribution in [2.75, 3.05) is 13.1 Å². The smallest absolute Gasteiger partial charge is 0.254 e. The number of likely N-dealkylation sites (tertiary alicyclic amines) is 1. The highest BCUT2D eigenvalue weighted by Crippen LogP contribution is 2.21. The number of hydrogen-bond acceptors (Lipinski definition) is 5. The summed E-state index contributed by atoms with van der Waals surface area (Å²) in [6.07, 6.45) is 2.65. The molecule has 0 aliphatic carbocycles. The number of amides is 1. The van der Waals surface area contributed by atoms with Gasteiger partial charge in [0.2, 0.25) is 11.7 Å². The van der Waals surface area contributed by atoms with E-state index in [1.54, 1.807) is 16.2 Å². The van der Waals surface area contributed by atoms with Crippen LogP contribution >= 0.6 is 11.3 Å². The number of rotatable bonds is 5. The highest BCUT2D eigenvalue weighted by molar-refractivity contribution is 7.07. The lowest BCUT2D eigenvalue weighted by molar-refractivity contribution is -0.129. The first kappa shape index (κ1) is 15.9. The summed E-state index contributed by atoms with van der Waals surface area (Å²) in [4.78, 5) is 21.8. The molecule has 0 bridgehead atoms. The van der Waals surface area contributed by atoms with Gasteiger partial charge in [0, 0.05) is 13.0 Å². The first-order valence-electron chi connectivity index (χ1n) is 7.62. The van der Waals surface area contributed by atoms with Gasteiger partial charge in [0.1, 0.15) is 12.4 Å². The molecular formula is C16H18FN3O2S. The maximum atomic E-state index is 14.1. The van der Waals surface area contributed by atoms with Crippen LogP contribution in [0.5, 0.6) is 5.88 Å². The molecule has 1 saturated heterocycles. The molecule has 0 unspecified atom stereocenters. The minimum absolute atomic E-state index is 0.0195. The van der Waals surface area contributed by atoms with Gasteiger partial charge in [-0.15, -0.1) is 0 Å². The number of carbonyl (C=O) groups is 1. The van der Waals surface area contributed by atoms with Crippen LogP contribution in [0, 0.1) is 5.82 Å². The van der Waals surface area contributed by atoms with Crippen LogP contribution in [0.15, 0.2) is 23.2 Å². The van der Waals surface area contributed by atoms with Gasteiger partial charge in [0.15, 0.2) is 0 Å². The molecule has 1 fully saturated rings. The Morgan fingerprint density at radius 2 is 2.39 bits per heavy atom. The average Bonchev–Trinajstić information content (AvgIpc) is 3.21. The molecule has 1 atom stereocenters. The number of aryl methyl sites for hydroxylation is 1. The van der Waals surface area contributed by atoms with Crippen molar-refractivity contribution < 1.29 is 13.9 Å². The van der Waals surface area contributed by atoms with E-state index >= 15 is 0 Å². The van der Waals surface area contributed by atoms with Gasteiger partial charge in [-0.2, -0.15) is 20.7 Å². The Balaban J connectivity index is 1.59. The zero-order valence-corrected chi connectivity index (χ0v) is 13.7. The lowest BCUT2D eigenvalue weighted by atomic mass is 10.2. The van der Waals surface area contributed by atoms with E-state index in [1.807, 2.05) is 23.8 Å². The van der Waals surface area contributed by atoms with Crippen LogP contribution in [-0.4, -0.2) is 40.0 Å². The Bertz CT molecular complexity index is 678. The predicted molar refractivity (Wildman–Crippen MR) is 85.0 cm³/mol. The Labute approximate surface area is 138 Å². The van der Waals surface area contributed by atoms with Crippen LogP contribution in [0.25, 0.3) is 0 Å². The summed E-state index contributed by atoms with van der Waals surface area (Å²) >= 11 is 1.58. The van der Waals surface area contributed by atoms with Gasteiger partial charge in [0.25, 0.3) is 5.88 Å². The second-order valence-electron chi connectivity index (χ2n) is 5.47. The first-order valence-corrected chi connectivity index (χ1v) is 8.56. The van der Waals surface area contributed by atoms with E-state index < -0.39 is 5.82 Å². The maximum Gasteiger partial charge on any atom is 0.254 e. The van der Waals surface area contributed by atoms with Crippen molar-refractivity contribution in [3.05, 3.63) is 40.2 Å². The Morgan fingerprint density at radius 1 is 1.52 bits per heavy atom. The topological polar surface area (TPSA) is 55.3 Å². The fourth-order valence-electron chi connectivity index (χ4n) is 2.60. The van der Waals surface area contributed by atoms with Crippen LogP contribution < -0.4 is 4.74 Å². The maximum absolute atomic E-state index is 14.1. The fourth-order valence-corrected chi connectivity index (χ4v) is 3.27. The van der Waals surface area contributed by atoms with Crippen LogP contribution in [0.4, 0.5) is 4.39 Å². The van der Waals surface area contributed by atoms with E-state index in [2.05, 4.69) is 9.97 Å². The molecule has 1 aliphatic rings. The zero-order chi connectivity index (χ0) is 16.2. The van der Waals surface area contributed by atoms with Gasteiger partial charge >= 0.3 is 0 Å². The molecule has 2 aromatic rings. The Morgan fingerprint density at radius 3 is 3.13 bits per heavy atom. The summed E-state index contributed by atoms with van der Waals surface area (Å²) in [5.41, 5.74) is 1.37. The number of halogens is 1. The monoisotopic (exact) mass is 335 g/mol. The number of thiophene rings is 1. The molecule has 1 aliphatic heterocycles. The number of aromatic nitrogens is 2. The van der Waals surface area contributed by atoms with E-state index in [4.69, 9.17) is 4.74 Å². The SMILES string of the molecule is CCc1ncnc(O[C@@H]2CCN(C(=O)Cc3ccsc3)C2)c1F. The largest absolute Gasteiger partial charge is 0.470 e. The molecule has 0 spiro atoms. The van der Waals surface area contributed by atoms with Crippen molar-refractivity contribution in [3.8, 4) is 5.88 Å². The lowest BCUT2D eigenvalue weighted by Crippen LogP contribution is -2.32. The molecule has 0 aromatic carbocycles. The van der Waals surface area contributed by atoms with Gasteiger partial charge < -0.3 is 9.64 Å². The molecule has 0 N–H and O–H groups in total. The number of ether oxygens (including phenoxy) is 1. The number of carbonyl (C=O) groups excluding carboxylic acids is 1. The summed E-state index contributed by atoms with van der Waals surface area (Å²) in [7, 11) is 0. The third-order valence-electron chi connectivity index (χ3n) is 3.88. The van der Waals surface area contributed by atoms with Crippen molar-refractivity contribution in [1.29, 1.82) is 0 Å². The zero-order valence-electron chi connectivity index (χ0n) is 12.9. The summed E-state index contributed by atoms with van der Waals surface area (Å²) in [5, 5.41) is 3.94. The van der Waals surface area contributed by atoms with E-state index in [0.29, 0.717) is 38.0 Å². The normalized spacial score (nSPS) is 17.5. The van der Waals surface area contributed by atoms with Crippen molar-refractivity contribution >= 4 is 17.2 Å². The van der Waals surface area contributed by atoms with Gasteiger partial charge in [-0.05, 0) is 28.8 Å². The van der Waals surface area contributed by atoms with E-state index in [-0.39, 0.29) is 17.9 Å². The molecule has 3 rings (SSSR count). The molecule has 0 radical (unpaired) electrons. The predicted octanol–water partition coefficient (Wildman–Crippen LogP) is 2.46. The van der Waals surface area contributed by atoms with Crippen molar-refractivity contribution in [2.24, 2.45) is 0 Å². The quantitative estimate of drug-likeness (QED) is 0.842. The number of hydrogen-bond donors (Lipinski definition) is 0. The highest BCUT2D eigenvalue weighted by Gasteiger charge is 2.29. The van der Waals surface area contributed by atoms with Crippen LogP contribution in [0.3, 0.4) is 0 Å². The van der Waals surface area contributed by atoms with E-state index in [9.17, 15) is 9.18 Å². The van der Waals surface area contributed by atoms with Gasteiger partial charge in [-0.3, -0.25) is 4.79 Å². The van der Waals surface area contributed by atoms with Gasteiger partial charge in [-0.1, -0.05) is 6.92 Å². The molecule has 3 heterocycles. The van der Waals surface area contributed by atoms with E-state index in [1.165, 1.54) is 6.33 Å². The lowest BCUT2D eigenvalue weighted by Gasteiger charge is -2.17. The fraction of sp³-hybridized carbons (Fsp3) is 0.438. The Kier molecular flexibility index (Phi) is 4.85. The minimum atomic E-state index is -0.502. The molecule has 2 aromatic heterocycles. The third-order valence-corrected chi connectivity index (χ3v) is 4.61. The first-order chi connectivity index (χ1) is 11.2. The molecule has 7 heteroatoms. The summed E-state index contributed by atoms with van der Waals surface area (Å²) in [5.74, 6) is -0.445. The summed E-state index contributed by atoms with van der Waals surface area (Å²) < 4.78 is 19.8. The molecule has 23 heavy (non-hydrogen) atoms. The van der Waals surface area contributed by atoms with Gasteiger partial charge in [0.05, 0.1) is 18.7 Å². The van der Waals surface area contributed by atoms with Gasteiger partial charge in [-0.25, -0.2) is 4.98 Å². The minimum Gasteiger partial charge on any atom is -0.470 e. The van der Waals surface area contributed by atoms with E-state index in [0.717, 1.165) is 5.56 Å². The molecular weight excluding hydrogens is 317 g/mol. The van der Waals surface area contributed by atoms with Crippen LogP contribution in [0.1, 0.15) is 24.6 Å². The summed E-state index contributed by atoms with van der Waals surface area (Å²) in [6, 6.07) is 1.95. The molecule has 5 nitrogen and oxygen atoms in total. The standard InChI is InChI=1S/C16H18FN3O2S/c1-2-13-15(17)16(19-10-18-13)22-12-3-5-20(8-12)14(21)7-11-4-6-23-9-11/h4,6,9-10,12H,2-3,5,7-8H2,1H3/t12-/m1/s1. The summed E-state index contributed by atoms with van der Waals surface area (Å²) in [6.45, 7) is 2.92. The highest BCUT2D eigenvalue weighted by atomic mass is 32.1. The van der Waals surface area contributed by atoms with Crippen LogP contribution in [0.2, 0.25) is 0 Å². The molecule has 122 valence electrons. The second-order valence-corrected chi connectivity index (χ2v) is 6.25. The van der Waals surface area contributed by atoms with Crippen molar-refractivity contribution in [2.45, 2.75) is 32.3 Å². The van der Waals surface area contributed by atoms with Crippen molar-refractivity contribution in [3.63, 3.8) is 0 Å². The Hall–Kier alpha value is -2.02.